The van der Waals surface area contributed by atoms with Crippen LogP contribution in [0.3, 0.4) is 0 Å². The van der Waals surface area contributed by atoms with Crippen molar-refractivity contribution in [3.8, 4) is 0 Å². The van der Waals surface area contributed by atoms with Crippen LogP contribution in [0.4, 0.5) is 0 Å². The average Bonchev–Trinajstić information content (AvgIpc) is 2.86. The fourth-order valence-electron chi connectivity index (χ4n) is 2.64. The molecule has 5 heteroatoms. The van der Waals surface area contributed by atoms with Crippen LogP contribution in [0.15, 0.2) is 11.4 Å². The zero-order valence-electron chi connectivity index (χ0n) is 10.2. The highest BCUT2D eigenvalue weighted by Gasteiger charge is 2.41. The van der Waals surface area contributed by atoms with E-state index in [0.717, 1.165) is 24.5 Å². The molecule has 3 nitrogen and oxygen atoms in total. The number of aliphatic hydroxyl groups is 1. The van der Waals surface area contributed by atoms with Gasteiger partial charge in [0, 0.05) is 18.0 Å². The number of hydrogen-bond donors (Lipinski definition) is 1. The third-order valence-corrected chi connectivity index (χ3v) is 5.82. The molecule has 0 spiro atoms. The van der Waals surface area contributed by atoms with E-state index < -0.39 is 5.60 Å². The van der Waals surface area contributed by atoms with E-state index >= 15 is 0 Å². The Balaban J connectivity index is 1.74. The van der Waals surface area contributed by atoms with Gasteiger partial charge in [-0.1, -0.05) is 0 Å². The van der Waals surface area contributed by atoms with Crippen LogP contribution in [0.25, 0.3) is 0 Å². The minimum Gasteiger partial charge on any atom is -0.380 e. The Morgan fingerprint density at radius 3 is 2.94 bits per heavy atom. The molecule has 1 aromatic heterocycles. The van der Waals surface area contributed by atoms with Gasteiger partial charge in [0.05, 0.1) is 0 Å². The van der Waals surface area contributed by atoms with E-state index in [1.165, 1.54) is 10.4 Å². The lowest BCUT2D eigenvalue weighted by atomic mass is 9.94. The Labute approximate surface area is 115 Å². The lowest BCUT2D eigenvalue weighted by Crippen LogP contribution is -2.52. The first-order valence-corrected chi connectivity index (χ1v) is 8.37. The molecule has 0 unspecified atom stereocenters. The molecule has 1 amide bonds. The molecule has 1 N–H and O–H groups in total. The monoisotopic (exact) mass is 283 g/mol. The number of nitrogens with zero attached hydrogens (tertiary/aromatic N) is 1. The molecule has 0 radical (unpaired) electrons. The Morgan fingerprint density at radius 2 is 2.17 bits per heavy atom. The van der Waals surface area contributed by atoms with E-state index in [1.54, 1.807) is 11.3 Å². The molecule has 2 aliphatic rings. The SMILES string of the molecule is O=C(N1CCc2sccc2C1)C1(O)CCSCC1. The van der Waals surface area contributed by atoms with Crippen molar-refractivity contribution >= 4 is 29.0 Å². The molecule has 0 bridgehead atoms. The molecule has 3 rings (SSSR count). The van der Waals surface area contributed by atoms with Crippen LogP contribution in [-0.2, 0) is 17.8 Å². The van der Waals surface area contributed by atoms with E-state index in [9.17, 15) is 9.90 Å². The number of carbonyl (C=O) groups excluding carboxylic acids is 1. The summed E-state index contributed by atoms with van der Waals surface area (Å²) in [7, 11) is 0. The van der Waals surface area contributed by atoms with E-state index in [2.05, 4.69) is 11.4 Å². The molecule has 1 saturated heterocycles. The molecular formula is C13H17NO2S2. The third-order valence-electron chi connectivity index (χ3n) is 3.81. The van der Waals surface area contributed by atoms with Crippen molar-refractivity contribution in [2.24, 2.45) is 0 Å². The molecule has 2 aliphatic heterocycles. The second kappa shape index (κ2) is 4.87. The van der Waals surface area contributed by atoms with Crippen LogP contribution in [0.5, 0.6) is 0 Å². The molecule has 0 atom stereocenters. The number of thioether (sulfide) groups is 1. The van der Waals surface area contributed by atoms with Gasteiger partial charge in [-0.05, 0) is 47.8 Å². The van der Waals surface area contributed by atoms with Gasteiger partial charge >= 0.3 is 0 Å². The molecule has 1 aromatic rings. The summed E-state index contributed by atoms with van der Waals surface area (Å²) in [6.45, 7) is 1.43. The van der Waals surface area contributed by atoms with E-state index in [4.69, 9.17) is 0 Å². The normalized spacial score (nSPS) is 22.6. The smallest absolute Gasteiger partial charge is 0.254 e. The summed E-state index contributed by atoms with van der Waals surface area (Å²) >= 11 is 3.59. The minimum absolute atomic E-state index is 0.0559. The first-order chi connectivity index (χ1) is 8.69. The van der Waals surface area contributed by atoms with Gasteiger partial charge in [-0.15, -0.1) is 11.3 Å². The minimum atomic E-state index is -1.10. The van der Waals surface area contributed by atoms with Crippen molar-refractivity contribution in [2.45, 2.75) is 31.4 Å². The molecule has 0 aromatic carbocycles. The molecule has 98 valence electrons. The van der Waals surface area contributed by atoms with Crippen molar-refractivity contribution in [3.63, 3.8) is 0 Å². The average molecular weight is 283 g/mol. The van der Waals surface area contributed by atoms with Crippen LogP contribution in [-0.4, -0.2) is 39.6 Å². The predicted molar refractivity (Wildman–Crippen MR) is 74.9 cm³/mol. The summed E-state index contributed by atoms with van der Waals surface area (Å²) in [6, 6.07) is 2.10. The third kappa shape index (κ3) is 2.19. The Kier molecular flexibility index (Phi) is 3.38. The molecular weight excluding hydrogens is 266 g/mol. The summed E-state index contributed by atoms with van der Waals surface area (Å²) in [6.07, 6.45) is 2.14. The van der Waals surface area contributed by atoms with Crippen LogP contribution in [0.2, 0.25) is 0 Å². The van der Waals surface area contributed by atoms with Crippen molar-refractivity contribution in [3.05, 3.63) is 21.9 Å². The Morgan fingerprint density at radius 1 is 1.39 bits per heavy atom. The maximum Gasteiger partial charge on any atom is 0.254 e. The first-order valence-electron chi connectivity index (χ1n) is 6.34. The summed E-state index contributed by atoms with van der Waals surface area (Å²) in [5.74, 6) is 1.72. The standard InChI is InChI=1S/C13H17NO2S2/c15-12(13(16)3-7-17-8-4-13)14-5-1-11-10(9-14)2-6-18-11/h2,6,16H,1,3-5,7-9H2. The molecule has 1 fully saturated rings. The second-order valence-corrected chi connectivity index (χ2v) is 7.22. The summed E-state index contributed by atoms with van der Waals surface area (Å²) in [5.41, 5.74) is 0.159. The highest BCUT2D eigenvalue weighted by Crippen LogP contribution is 2.31. The fourth-order valence-corrected chi connectivity index (χ4v) is 4.70. The quantitative estimate of drug-likeness (QED) is 0.855. The van der Waals surface area contributed by atoms with Crippen LogP contribution < -0.4 is 0 Å². The Hall–Kier alpha value is -0.520. The second-order valence-electron chi connectivity index (χ2n) is 4.99. The molecule has 0 aliphatic carbocycles. The van der Waals surface area contributed by atoms with Gasteiger partial charge in [-0.3, -0.25) is 4.79 Å². The van der Waals surface area contributed by atoms with Gasteiger partial charge in [0.15, 0.2) is 0 Å². The topological polar surface area (TPSA) is 40.5 Å². The first kappa shape index (κ1) is 12.5. The van der Waals surface area contributed by atoms with Gasteiger partial charge in [-0.2, -0.15) is 11.8 Å². The molecule has 18 heavy (non-hydrogen) atoms. The van der Waals surface area contributed by atoms with Crippen molar-refractivity contribution < 1.29 is 9.90 Å². The summed E-state index contributed by atoms with van der Waals surface area (Å²) < 4.78 is 0. The fraction of sp³-hybridized carbons (Fsp3) is 0.615. The maximum atomic E-state index is 12.5. The number of amides is 1. The largest absolute Gasteiger partial charge is 0.380 e. The van der Waals surface area contributed by atoms with Gasteiger partial charge < -0.3 is 10.0 Å². The predicted octanol–water partition coefficient (Wildman–Crippen LogP) is 1.89. The molecule has 0 saturated carbocycles. The lowest BCUT2D eigenvalue weighted by molar-refractivity contribution is -0.153. The van der Waals surface area contributed by atoms with Crippen molar-refractivity contribution in [1.82, 2.24) is 4.90 Å². The van der Waals surface area contributed by atoms with E-state index in [1.807, 2.05) is 16.7 Å². The highest BCUT2D eigenvalue weighted by atomic mass is 32.2. The lowest BCUT2D eigenvalue weighted by Gasteiger charge is -2.37. The number of rotatable bonds is 1. The maximum absolute atomic E-state index is 12.5. The van der Waals surface area contributed by atoms with Gasteiger partial charge in [0.1, 0.15) is 5.60 Å². The number of fused-ring (bicyclic) bond motifs is 1. The summed E-state index contributed by atoms with van der Waals surface area (Å²) in [5, 5.41) is 12.6. The van der Waals surface area contributed by atoms with Crippen LogP contribution >= 0.6 is 23.1 Å². The van der Waals surface area contributed by atoms with Crippen molar-refractivity contribution in [2.75, 3.05) is 18.1 Å². The zero-order chi connectivity index (χ0) is 12.6. The highest BCUT2D eigenvalue weighted by molar-refractivity contribution is 7.99. The van der Waals surface area contributed by atoms with Crippen LogP contribution in [0.1, 0.15) is 23.3 Å². The van der Waals surface area contributed by atoms with E-state index in [0.29, 0.717) is 19.4 Å². The molecule has 3 heterocycles. The number of carbonyl (C=O) groups is 1. The number of hydrogen-bond acceptors (Lipinski definition) is 4. The zero-order valence-corrected chi connectivity index (χ0v) is 11.9. The van der Waals surface area contributed by atoms with E-state index in [-0.39, 0.29) is 5.91 Å². The van der Waals surface area contributed by atoms with Gasteiger partial charge in [0.25, 0.3) is 5.91 Å². The van der Waals surface area contributed by atoms with Crippen molar-refractivity contribution in [1.29, 1.82) is 0 Å². The number of thiophene rings is 1. The Bertz CT molecular complexity index is 452. The van der Waals surface area contributed by atoms with Gasteiger partial charge in [0.2, 0.25) is 0 Å². The summed E-state index contributed by atoms with van der Waals surface area (Å²) in [4.78, 5) is 15.7. The van der Waals surface area contributed by atoms with Gasteiger partial charge in [-0.25, -0.2) is 0 Å². The van der Waals surface area contributed by atoms with Crippen LogP contribution in [0, 0.1) is 0 Å².